The third-order valence-electron chi connectivity index (χ3n) is 5.12. The number of carbonyl (C=O) groups excluding carboxylic acids is 1. The Bertz CT molecular complexity index is 1200. The molecule has 3 N–H and O–H groups in total. The fourth-order valence-electron chi connectivity index (χ4n) is 3.37. The normalized spacial score (nSPS) is 15.9. The number of nitrogens with two attached hydrogens (primary N) is 1. The van der Waals surface area contributed by atoms with Gasteiger partial charge in [0, 0.05) is 25.0 Å². The Morgan fingerprint density at radius 1 is 1.16 bits per heavy atom. The van der Waals surface area contributed by atoms with Crippen LogP contribution in [0.5, 0.6) is 0 Å². The number of amides is 1. The lowest BCUT2D eigenvalue weighted by Gasteiger charge is -2.19. The van der Waals surface area contributed by atoms with Crippen LogP contribution in [-0.4, -0.2) is 42.3 Å². The van der Waals surface area contributed by atoms with E-state index in [1.165, 1.54) is 23.0 Å². The van der Waals surface area contributed by atoms with Crippen LogP contribution in [0.15, 0.2) is 18.6 Å². The van der Waals surface area contributed by atoms with Crippen molar-refractivity contribution in [3.63, 3.8) is 0 Å². The molecular formula is C18H16F5N7O. The Hall–Kier alpha value is -3.38. The minimum atomic E-state index is -5.67. The lowest BCUT2D eigenvalue weighted by atomic mass is 9.87. The molecule has 0 unspecified atom stereocenters. The number of fused-ring (bicyclic) bond motifs is 2. The molecule has 1 amide bonds. The minimum absolute atomic E-state index is 0.0197. The first-order valence-electron chi connectivity index (χ1n) is 9.08. The second-order valence-electron chi connectivity index (χ2n) is 7.67. The number of alkyl halides is 5. The van der Waals surface area contributed by atoms with Gasteiger partial charge in [0.2, 0.25) is 5.91 Å². The Balaban J connectivity index is 1.76. The highest BCUT2D eigenvalue weighted by Gasteiger charge is 2.56. The molecule has 8 nitrogen and oxygen atoms in total. The number of hydrogen-bond donors (Lipinski definition) is 2. The molecule has 0 radical (unpaired) electrons. The van der Waals surface area contributed by atoms with Gasteiger partial charge in [-0.25, -0.2) is 19.9 Å². The topological polar surface area (TPSA) is 111 Å². The van der Waals surface area contributed by atoms with Crippen LogP contribution in [0.4, 0.5) is 33.6 Å². The molecule has 3 aromatic rings. The second-order valence-corrected chi connectivity index (χ2v) is 7.67. The van der Waals surface area contributed by atoms with Gasteiger partial charge in [0.1, 0.15) is 17.3 Å². The summed E-state index contributed by atoms with van der Waals surface area (Å²) in [5.74, 6) is -5.00. The molecule has 0 aromatic carbocycles. The van der Waals surface area contributed by atoms with Crippen LogP contribution in [-0.2, 0) is 16.6 Å². The Kier molecular flexibility index (Phi) is 4.42. The highest BCUT2D eigenvalue weighted by atomic mass is 19.4. The van der Waals surface area contributed by atoms with Gasteiger partial charge in [0.05, 0.1) is 16.7 Å². The van der Waals surface area contributed by atoms with E-state index in [0.29, 0.717) is 5.56 Å². The number of nitrogens with zero attached hydrogens (tertiary/aromatic N) is 5. The zero-order valence-electron chi connectivity index (χ0n) is 16.3. The van der Waals surface area contributed by atoms with Crippen molar-refractivity contribution < 1.29 is 26.7 Å². The summed E-state index contributed by atoms with van der Waals surface area (Å²) in [7, 11) is 0. The Morgan fingerprint density at radius 2 is 1.87 bits per heavy atom. The lowest BCUT2D eigenvalue weighted by Crippen LogP contribution is -2.36. The van der Waals surface area contributed by atoms with Crippen LogP contribution in [0.25, 0.3) is 17.2 Å². The van der Waals surface area contributed by atoms with Gasteiger partial charge in [-0.3, -0.25) is 4.79 Å². The zero-order valence-corrected chi connectivity index (χ0v) is 16.3. The number of nitrogens with one attached hydrogen (secondary N) is 1. The summed E-state index contributed by atoms with van der Waals surface area (Å²) >= 11 is 0. The molecule has 4 heterocycles. The van der Waals surface area contributed by atoms with E-state index < -0.39 is 30.4 Å². The standard InChI is InChI=1S/C18H16F5N7O/c1-16(2)10-11(24)27-12(28-13(10)29-15(16)31)9-7-30-6-5-25-14(30)8(26-9)3-4-17(19,20)18(21,22)23/h5-7H,3-4H2,1-2H3,(H3,24,27,28,29,31). The molecule has 0 fully saturated rings. The molecule has 1 aliphatic rings. The molecular weight excluding hydrogens is 425 g/mol. The van der Waals surface area contributed by atoms with E-state index in [1.807, 2.05) is 0 Å². The van der Waals surface area contributed by atoms with E-state index in [9.17, 15) is 26.7 Å². The smallest absolute Gasteiger partial charge is 0.383 e. The molecule has 164 valence electrons. The summed E-state index contributed by atoms with van der Waals surface area (Å²) in [6.07, 6.45) is -3.58. The Morgan fingerprint density at radius 3 is 2.55 bits per heavy atom. The fraction of sp³-hybridized carbons (Fsp3) is 0.389. The number of carbonyl (C=O) groups is 1. The van der Waals surface area contributed by atoms with Crippen molar-refractivity contribution in [2.45, 2.75) is 44.2 Å². The van der Waals surface area contributed by atoms with Gasteiger partial charge in [-0.1, -0.05) is 0 Å². The molecule has 3 aromatic heterocycles. The van der Waals surface area contributed by atoms with E-state index >= 15 is 0 Å². The first-order valence-corrected chi connectivity index (χ1v) is 9.08. The number of halogens is 5. The van der Waals surface area contributed by atoms with Crippen molar-refractivity contribution >= 4 is 23.2 Å². The average Bonchev–Trinajstić information content (AvgIpc) is 3.21. The van der Waals surface area contributed by atoms with Crippen molar-refractivity contribution in [3.8, 4) is 11.5 Å². The van der Waals surface area contributed by atoms with E-state index in [1.54, 1.807) is 13.8 Å². The summed E-state index contributed by atoms with van der Waals surface area (Å²) in [4.78, 5) is 28.8. The van der Waals surface area contributed by atoms with E-state index in [-0.39, 0.29) is 40.4 Å². The van der Waals surface area contributed by atoms with Gasteiger partial charge >= 0.3 is 12.1 Å². The molecule has 4 rings (SSSR count). The number of anilines is 2. The number of rotatable bonds is 4. The summed E-state index contributed by atoms with van der Waals surface area (Å²) in [6.45, 7) is 3.31. The third-order valence-corrected chi connectivity index (χ3v) is 5.12. The van der Waals surface area contributed by atoms with Crippen LogP contribution in [0.2, 0.25) is 0 Å². The first kappa shape index (κ1) is 20.9. The van der Waals surface area contributed by atoms with Gasteiger partial charge in [-0.2, -0.15) is 22.0 Å². The lowest BCUT2D eigenvalue weighted by molar-refractivity contribution is -0.284. The summed E-state index contributed by atoms with van der Waals surface area (Å²) in [5.41, 5.74) is 5.61. The number of nitrogen functional groups attached to an aromatic ring is 1. The van der Waals surface area contributed by atoms with Crippen molar-refractivity contribution in [3.05, 3.63) is 29.8 Å². The minimum Gasteiger partial charge on any atom is -0.383 e. The van der Waals surface area contributed by atoms with E-state index in [2.05, 4.69) is 25.3 Å². The number of imidazole rings is 1. The summed E-state index contributed by atoms with van der Waals surface area (Å²) in [5, 5.41) is 2.61. The molecule has 0 saturated carbocycles. The number of aromatic nitrogens is 5. The molecule has 0 saturated heterocycles. The van der Waals surface area contributed by atoms with Crippen LogP contribution in [0.1, 0.15) is 31.5 Å². The molecule has 31 heavy (non-hydrogen) atoms. The highest BCUT2D eigenvalue weighted by Crippen LogP contribution is 2.41. The molecule has 1 aliphatic heterocycles. The molecule has 0 bridgehead atoms. The predicted octanol–water partition coefficient (Wildman–Crippen LogP) is 3.13. The maximum absolute atomic E-state index is 13.4. The van der Waals surface area contributed by atoms with Crippen molar-refractivity contribution in [2.75, 3.05) is 11.1 Å². The molecule has 0 atom stereocenters. The van der Waals surface area contributed by atoms with Crippen LogP contribution < -0.4 is 11.1 Å². The third kappa shape index (κ3) is 3.33. The molecule has 0 spiro atoms. The van der Waals surface area contributed by atoms with Gasteiger partial charge in [-0.15, -0.1) is 0 Å². The van der Waals surface area contributed by atoms with Gasteiger partial charge in [-0.05, 0) is 20.3 Å². The maximum Gasteiger partial charge on any atom is 0.453 e. The number of hydrogen-bond acceptors (Lipinski definition) is 6. The van der Waals surface area contributed by atoms with Crippen LogP contribution in [0.3, 0.4) is 0 Å². The quantitative estimate of drug-likeness (QED) is 0.602. The number of aryl methyl sites for hydroxylation is 1. The van der Waals surface area contributed by atoms with Crippen molar-refractivity contribution in [2.24, 2.45) is 0 Å². The van der Waals surface area contributed by atoms with E-state index in [4.69, 9.17) is 5.73 Å². The Labute approximate surface area is 171 Å². The molecule has 13 heteroatoms. The predicted molar refractivity (Wildman–Crippen MR) is 99.4 cm³/mol. The van der Waals surface area contributed by atoms with Gasteiger partial charge in [0.15, 0.2) is 11.5 Å². The maximum atomic E-state index is 13.4. The fourth-order valence-corrected chi connectivity index (χ4v) is 3.37. The second kappa shape index (κ2) is 6.56. The van der Waals surface area contributed by atoms with Gasteiger partial charge in [0.25, 0.3) is 0 Å². The van der Waals surface area contributed by atoms with Crippen LogP contribution >= 0.6 is 0 Å². The molecule has 0 aliphatic carbocycles. The van der Waals surface area contributed by atoms with E-state index in [0.717, 1.165) is 0 Å². The highest BCUT2D eigenvalue weighted by molar-refractivity contribution is 6.06. The van der Waals surface area contributed by atoms with Crippen molar-refractivity contribution in [1.82, 2.24) is 24.3 Å². The van der Waals surface area contributed by atoms with Crippen molar-refractivity contribution in [1.29, 1.82) is 0 Å². The summed E-state index contributed by atoms with van der Waals surface area (Å²) < 4.78 is 65.9. The van der Waals surface area contributed by atoms with Crippen LogP contribution in [0, 0.1) is 0 Å². The first-order chi connectivity index (χ1) is 14.3. The average molecular weight is 441 g/mol. The summed E-state index contributed by atoms with van der Waals surface area (Å²) in [6, 6.07) is 0. The monoisotopic (exact) mass is 441 g/mol. The zero-order chi connectivity index (χ0) is 22.8. The SMILES string of the molecule is CC1(C)C(=O)Nc2nc(-c3cn4ccnc4c(CCC(F)(F)C(F)(F)F)n3)nc(N)c21. The largest absolute Gasteiger partial charge is 0.453 e. The van der Waals surface area contributed by atoms with Gasteiger partial charge < -0.3 is 15.5 Å².